The second-order valence-electron chi connectivity index (χ2n) is 9.33. The molecule has 0 radical (unpaired) electrons. The maximum absolute atomic E-state index is 14.4. The minimum Gasteiger partial charge on any atom is -0.323 e. The average molecular weight is 548 g/mol. The number of hydrogen-bond donors (Lipinski definition) is 1. The number of nitrogens with one attached hydrogen (secondary N) is 1. The van der Waals surface area contributed by atoms with Crippen molar-refractivity contribution in [3.8, 4) is 0 Å². The summed E-state index contributed by atoms with van der Waals surface area (Å²) in [5.41, 5.74) is 1.00. The summed E-state index contributed by atoms with van der Waals surface area (Å²) in [6.45, 7) is 2.03. The van der Waals surface area contributed by atoms with Crippen LogP contribution in [-0.2, 0) is 17.4 Å². The molecule has 1 aliphatic rings. The van der Waals surface area contributed by atoms with Gasteiger partial charge in [-0.2, -0.15) is 13.2 Å². The Morgan fingerprint density at radius 2 is 1.69 bits per heavy atom. The molecule has 0 saturated heterocycles. The molecule has 1 fully saturated rings. The zero-order chi connectivity index (χ0) is 25.2. The fourth-order valence-electron chi connectivity index (χ4n) is 5.15. The Kier molecular flexibility index (Phi) is 7.64. The Balaban J connectivity index is 1.58. The van der Waals surface area contributed by atoms with Gasteiger partial charge in [0.1, 0.15) is 5.82 Å². The highest BCUT2D eigenvalue weighted by Gasteiger charge is 2.40. The highest BCUT2D eigenvalue weighted by atomic mass is 79.9. The molecular weight excluding hydrogens is 522 g/mol. The molecule has 184 valence electrons. The van der Waals surface area contributed by atoms with E-state index in [1.807, 2.05) is 37.3 Å². The molecular formula is C28H26BrF4NO. The van der Waals surface area contributed by atoms with E-state index in [9.17, 15) is 22.4 Å². The third-order valence-electron chi connectivity index (χ3n) is 7.00. The van der Waals surface area contributed by atoms with Crippen LogP contribution < -0.4 is 5.32 Å². The van der Waals surface area contributed by atoms with E-state index < -0.39 is 23.5 Å². The summed E-state index contributed by atoms with van der Waals surface area (Å²) in [7, 11) is 0. The Bertz CT molecular complexity index is 1160. The van der Waals surface area contributed by atoms with Gasteiger partial charge in [0, 0.05) is 10.4 Å². The zero-order valence-corrected chi connectivity index (χ0v) is 20.7. The number of benzene rings is 3. The lowest BCUT2D eigenvalue weighted by atomic mass is 9.65. The van der Waals surface area contributed by atoms with Gasteiger partial charge in [0.05, 0.1) is 11.3 Å². The topological polar surface area (TPSA) is 29.1 Å². The van der Waals surface area contributed by atoms with Crippen molar-refractivity contribution in [3.05, 3.63) is 99.8 Å². The maximum atomic E-state index is 14.4. The smallest absolute Gasteiger partial charge is 0.323 e. The second-order valence-corrected chi connectivity index (χ2v) is 10.2. The van der Waals surface area contributed by atoms with Crippen LogP contribution in [0.3, 0.4) is 0 Å². The minimum absolute atomic E-state index is 0.0271. The van der Waals surface area contributed by atoms with Crippen molar-refractivity contribution in [2.24, 2.45) is 17.8 Å². The molecule has 3 aromatic carbocycles. The molecule has 1 aliphatic carbocycles. The standard InChI is InChI=1S/C28H26BrF4NO/c1-17-23(20-7-10-22(29)11-8-20)14-19(13-18-5-3-2-4-6-18)15-24(17)27(35)34-26-12-9-21(16-25(26)30)28(31,32)33/h2-12,16-17,19,23-24H,13-15H2,1H3,(H,34,35)/t17-,19?,23?,24?/m1/s1. The van der Waals surface area contributed by atoms with Crippen molar-refractivity contribution in [1.29, 1.82) is 0 Å². The maximum Gasteiger partial charge on any atom is 0.416 e. The summed E-state index contributed by atoms with van der Waals surface area (Å²) in [4.78, 5) is 13.3. The molecule has 1 saturated carbocycles. The minimum atomic E-state index is -4.65. The molecule has 1 N–H and O–H groups in total. The Hall–Kier alpha value is -2.67. The summed E-state index contributed by atoms with van der Waals surface area (Å²) >= 11 is 3.47. The van der Waals surface area contributed by atoms with Crippen molar-refractivity contribution in [3.63, 3.8) is 0 Å². The number of carbonyl (C=O) groups excluding carboxylic acids is 1. The number of hydrogen-bond acceptors (Lipinski definition) is 1. The van der Waals surface area contributed by atoms with E-state index in [1.54, 1.807) is 0 Å². The highest BCUT2D eigenvalue weighted by molar-refractivity contribution is 9.10. The molecule has 3 unspecified atom stereocenters. The number of alkyl halides is 3. The lowest BCUT2D eigenvalue weighted by Crippen LogP contribution is -2.38. The molecule has 4 atom stereocenters. The van der Waals surface area contributed by atoms with Crippen LogP contribution >= 0.6 is 15.9 Å². The van der Waals surface area contributed by atoms with Crippen LogP contribution in [0.4, 0.5) is 23.2 Å². The Morgan fingerprint density at radius 3 is 2.31 bits per heavy atom. The third-order valence-corrected chi connectivity index (χ3v) is 7.53. The first-order valence-electron chi connectivity index (χ1n) is 11.6. The molecule has 0 spiro atoms. The van der Waals surface area contributed by atoms with Crippen LogP contribution in [0, 0.1) is 23.6 Å². The fourth-order valence-corrected chi connectivity index (χ4v) is 5.42. The Morgan fingerprint density at radius 1 is 1.00 bits per heavy atom. The van der Waals surface area contributed by atoms with Crippen LogP contribution in [0.25, 0.3) is 0 Å². The predicted molar refractivity (Wildman–Crippen MR) is 132 cm³/mol. The van der Waals surface area contributed by atoms with Crippen LogP contribution in [0.1, 0.15) is 42.4 Å². The molecule has 7 heteroatoms. The van der Waals surface area contributed by atoms with Crippen molar-refractivity contribution >= 4 is 27.5 Å². The number of rotatable bonds is 5. The molecule has 0 aromatic heterocycles. The van der Waals surface area contributed by atoms with Gasteiger partial charge in [-0.15, -0.1) is 0 Å². The van der Waals surface area contributed by atoms with Gasteiger partial charge in [-0.1, -0.05) is 65.3 Å². The molecule has 0 bridgehead atoms. The van der Waals surface area contributed by atoms with Crippen LogP contribution in [0.15, 0.2) is 77.3 Å². The lowest BCUT2D eigenvalue weighted by molar-refractivity contribution is -0.137. The van der Waals surface area contributed by atoms with Gasteiger partial charge < -0.3 is 5.32 Å². The highest BCUT2D eigenvalue weighted by Crippen LogP contribution is 2.45. The van der Waals surface area contributed by atoms with E-state index in [2.05, 4.69) is 45.5 Å². The number of carbonyl (C=O) groups is 1. The summed E-state index contributed by atoms with van der Waals surface area (Å²) in [6.07, 6.45) is -2.30. The summed E-state index contributed by atoms with van der Waals surface area (Å²) < 4.78 is 54.1. The quantitative estimate of drug-likeness (QED) is 0.320. The summed E-state index contributed by atoms with van der Waals surface area (Å²) in [5, 5.41) is 2.57. The van der Waals surface area contributed by atoms with E-state index in [4.69, 9.17) is 0 Å². The second kappa shape index (κ2) is 10.5. The monoisotopic (exact) mass is 547 g/mol. The van der Waals surface area contributed by atoms with Gasteiger partial charge in [0.2, 0.25) is 5.91 Å². The van der Waals surface area contributed by atoms with Gasteiger partial charge in [0.15, 0.2) is 0 Å². The van der Waals surface area contributed by atoms with E-state index >= 15 is 0 Å². The molecule has 4 rings (SSSR count). The van der Waals surface area contributed by atoms with Crippen molar-refractivity contribution in [2.45, 2.75) is 38.3 Å². The number of amides is 1. The van der Waals surface area contributed by atoms with E-state index in [1.165, 1.54) is 5.56 Å². The van der Waals surface area contributed by atoms with Crippen molar-refractivity contribution in [1.82, 2.24) is 0 Å². The summed E-state index contributed by atoms with van der Waals surface area (Å²) in [5.74, 6) is -1.54. The lowest BCUT2D eigenvalue weighted by Gasteiger charge is -2.40. The number of halogens is 5. The van der Waals surface area contributed by atoms with E-state index in [0.29, 0.717) is 12.5 Å². The zero-order valence-electron chi connectivity index (χ0n) is 19.2. The fraction of sp³-hybridized carbons (Fsp3) is 0.321. The van der Waals surface area contributed by atoms with E-state index in [-0.39, 0.29) is 29.3 Å². The van der Waals surface area contributed by atoms with Crippen molar-refractivity contribution < 1.29 is 22.4 Å². The van der Waals surface area contributed by atoms with Crippen LogP contribution in [-0.4, -0.2) is 5.91 Å². The Labute approximate surface area is 210 Å². The van der Waals surface area contributed by atoms with Gasteiger partial charge >= 0.3 is 6.18 Å². The first-order chi connectivity index (χ1) is 16.6. The first-order valence-corrected chi connectivity index (χ1v) is 12.4. The van der Waals surface area contributed by atoms with Gasteiger partial charge in [-0.3, -0.25) is 4.79 Å². The first kappa shape index (κ1) is 25.4. The third kappa shape index (κ3) is 6.13. The summed E-state index contributed by atoms with van der Waals surface area (Å²) in [6, 6.07) is 20.3. The number of anilines is 1. The van der Waals surface area contributed by atoms with Gasteiger partial charge in [-0.25, -0.2) is 4.39 Å². The van der Waals surface area contributed by atoms with Crippen molar-refractivity contribution in [2.75, 3.05) is 5.32 Å². The SMILES string of the molecule is C[C@H]1C(C(=O)Nc2ccc(C(F)(F)F)cc2F)CC(Cc2ccccc2)CC1c1ccc(Br)cc1. The van der Waals surface area contributed by atoms with Gasteiger partial charge in [0.25, 0.3) is 0 Å². The molecule has 1 amide bonds. The van der Waals surface area contributed by atoms with Gasteiger partial charge in [-0.05, 0) is 78.5 Å². The normalized spacial score (nSPS) is 22.6. The average Bonchev–Trinajstić information content (AvgIpc) is 2.82. The van der Waals surface area contributed by atoms with E-state index in [0.717, 1.165) is 35.0 Å². The molecule has 0 aliphatic heterocycles. The van der Waals surface area contributed by atoms with Crippen LogP contribution in [0.2, 0.25) is 0 Å². The molecule has 35 heavy (non-hydrogen) atoms. The van der Waals surface area contributed by atoms with Crippen LogP contribution in [0.5, 0.6) is 0 Å². The predicted octanol–water partition coefficient (Wildman–Crippen LogP) is 8.23. The molecule has 3 aromatic rings. The molecule has 2 nitrogen and oxygen atoms in total. The largest absolute Gasteiger partial charge is 0.416 e. The molecule has 0 heterocycles.